The Hall–Kier alpha value is -2.37. The van der Waals surface area contributed by atoms with Gasteiger partial charge in [-0.3, -0.25) is 4.79 Å². The molecule has 0 spiro atoms. The maximum atomic E-state index is 12.8. The van der Waals surface area contributed by atoms with Crippen molar-refractivity contribution in [2.45, 2.75) is 19.4 Å². The van der Waals surface area contributed by atoms with Crippen LogP contribution in [0.15, 0.2) is 48.5 Å². The van der Waals surface area contributed by atoms with E-state index in [2.05, 4.69) is 12.1 Å². The summed E-state index contributed by atoms with van der Waals surface area (Å²) in [4.78, 5) is 16.7. The Bertz CT molecular complexity index is 743. The summed E-state index contributed by atoms with van der Waals surface area (Å²) in [5, 5.41) is 18.2. The molecule has 0 radical (unpaired) electrons. The van der Waals surface area contributed by atoms with Crippen LogP contribution in [0.1, 0.15) is 27.9 Å². The van der Waals surface area contributed by atoms with Gasteiger partial charge in [0.25, 0.3) is 5.91 Å². The van der Waals surface area contributed by atoms with Crippen molar-refractivity contribution in [3.63, 3.8) is 0 Å². The fourth-order valence-electron chi connectivity index (χ4n) is 3.62. The summed E-state index contributed by atoms with van der Waals surface area (Å²) < 4.78 is 0. The van der Waals surface area contributed by atoms with E-state index in [1.54, 1.807) is 0 Å². The number of rotatable bonds is 7. The van der Waals surface area contributed by atoms with Crippen molar-refractivity contribution in [1.82, 2.24) is 4.90 Å². The molecular formula is C22H28N2O3. The quantitative estimate of drug-likeness (QED) is 0.787. The number of carbonyl (C=O) groups excluding carboxylic acids is 1. The first kappa shape index (κ1) is 19.4. The smallest absolute Gasteiger partial charge is 0.253 e. The summed E-state index contributed by atoms with van der Waals surface area (Å²) in [5.41, 5.74) is 3.88. The van der Waals surface area contributed by atoms with Crippen LogP contribution in [0, 0.1) is 5.92 Å². The third-order valence-electron chi connectivity index (χ3n) is 5.29. The Balaban J connectivity index is 1.56. The molecule has 1 aliphatic rings. The van der Waals surface area contributed by atoms with E-state index in [4.69, 9.17) is 10.2 Å². The lowest BCUT2D eigenvalue weighted by Gasteiger charge is -2.20. The van der Waals surface area contributed by atoms with E-state index < -0.39 is 0 Å². The molecule has 1 heterocycles. The lowest BCUT2D eigenvalue weighted by atomic mass is 9.98. The van der Waals surface area contributed by atoms with Crippen LogP contribution < -0.4 is 4.90 Å². The Morgan fingerprint density at radius 1 is 1.07 bits per heavy atom. The normalized spacial score (nSPS) is 16.6. The van der Waals surface area contributed by atoms with E-state index >= 15 is 0 Å². The van der Waals surface area contributed by atoms with Gasteiger partial charge in [-0.1, -0.05) is 24.3 Å². The highest BCUT2D eigenvalue weighted by Crippen LogP contribution is 2.23. The summed E-state index contributed by atoms with van der Waals surface area (Å²) in [6.45, 7) is 2.33. The molecule has 0 bridgehead atoms. The molecule has 144 valence electrons. The molecule has 0 aliphatic carbocycles. The summed E-state index contributed by atoms with van der Waals surface area (Å²) in [5.74, 6) is 0.563. The molecule has 2 N–H and O–H groups in total. The van der Waals surface area contributed by atoms with Crippen LogP contribution >= 0.6 is 0 Å². The largest absolute Gasteiger partial charge is 0.395 e. The first-order valence-electron chi connectivity index (χ1n) is 9.50. The van der Waals surface area contributed by atoms with Gasteiger partial charge in [-0.2, -0.15) is 0 Å². The molecule has 1 amide bonds. The van der Waals surface area contributed by atoms with Gasteiger partial charge in [0.15, 0.2) is 0 Å². The second-order valence-corrected chi connectivity index (χ2v) is 7.28. The zero-order valence-corrected chi connectivity index (χ0v) is 15.8. The van der Waals surface area contributed by atoms with Gasteiger partial charge in [-0.25, -0.2) is 0 Å². The number of nitrogens with zero attached hydrogens (tertiary/aromatic N) is 2. The average molecular weight is 368 g/mol. The van der Waals surface area contributed by atoms with Crippen LogP contribution in [0.4, 0.5) is 5.69 Å². The Kier molecular flexibility index (Phi) is 6.48. The molecule has 0 aromatic heterocycles. The molecule has 1 aliphatic heterocycles. The summed E-state index contributed by atoms with van der Waals surface area (Å²) in [6.07, 6.45) is 1.98. The van der Waals surface area contributed by atoms with Crippen molar-refractivity contribution in [1.29, 1.82) is 0 Å². The van der Waals surface area contributed by atoms with Gasteiger partial charge >= 0.3 is 0 Å². The minimum Gasteiger partial charge on any atom is -0.395 e. The first-order valence-corrected chi connectivity index (χ1v) is 9.50. The number of benzene rings is 2. The topological polar surface area (TPSA) is 64.0 Å². The maximum absolute atomic E-state index is 12.8. The van der Waals surface area contributed by atoms with Crippen molar-refractivity contribution in [3.8, 4) is 0 Å². The van der Waals surface area contributed by atoms with Crippen molar-refractivity contribution >= 4 is 11.6 Å². The minimum absolute atomic E-state index is 0.0700. The van der Waals surface area contributed by atoms with Crippen molar-refractivity contribution < 1.29 is 15.0 Å². The third-order valence-corrected chi connectivity index (χ3v) is 5.29. The van der Waals surface area contributed by atoms with Crippen LogP contribution in [0.3, 0.4) is 0 Å². The number of hydrogen-bond acceptors (Lipinski definition) is 4. The number of amides is 1. The van der Waals surface area contributed by atoms with Gasteiger partial charge in [0.2, 0.25) is 0 Å². The highest BCUT2D eigenvalue weighted by atomic mass is 16.3. The minimum atomic E-state index is 0.0700. The molecule has 5 nitrogen and oxygen atoms in total. The van der Waals surface area contributed by atoms with Gasteiger partial charge < -0.3 is 20.0 Å². The van der Waals surface area contributed by atoms with Crippen molar-refractivity contribution in [2.75, 3.05) is 38.2 Å². The lowest BCUT2D eigenvalue weighted by Crippen LogP contribution is -2.29. The number of likely N-dealkylation sites (tertiary alicyclic amines) is 1. The molecule has 0 saturated carbocycles. The van der Waals surface area contributed by atoms with Gasteiger partial charge in [0, 0.05) is 37.9 Å². The maximum Gasteiger partial charge on any atom is 0.253 e. The summed E-state index contributed by atoms with van der Waals surface area (Å²) in [6, 6.07) is 15.7. The van der Waals surface area contributed by atoms with Gasteiger partial charge in [0.1, 0.15) is 0 Å². The third kappa shape index (κ3) is 4.87. The molecule has 3 rings (SSSR count). The van der Waals surface area contributed by atoms with Crippen LogP contribution in [-0.4, -0.2) is 54.3 Å². The van der Waals surface area contributed by atoms with E-state index in [0.717, 1.165) is 37.2 Å². The molecule has 2 aromatic rings. The van der Waals surface area contributed by atoms with E-state index in [-0.39, 0.29) is 19.1 Å². The fourth-order valence-corrected chi connectivity index (χ4v) is 3.62. The van der Waals surface area contributed by atoms with Gasteiger partial charge in [0.05, 0.1) is 13.2 Å². The van der Waals surface area contributed by atoms with Crippen LogP contribution in [0.25, 0.3) is 0 Å². The first-order chi connectivity index (χ1) is 13.1. The van der Waals surface area contributed by atoms with Gasteiger partial charge in [-0.05, 0) is 54.2 Å². The number of hydrogen-bond donors (Lipinski definition) is 2. The zero-order valence-electron chi connectivity index (χ0n) is 15.8. The number of carbonyl (C=O) groups is 1. The molecule has 27 heavy (non-hydrogen) atoms. The predicted octanol–water partition coefficient (Wildman–Crippen LogP) is 2.31. The Labute approximate surface area is 160 Å². The monoisotopic (exact) mass is 368 g/mol. The van der Waals surface area contributed by atoms with Crippen LogP contribution in [0.2, 0.25) is 0 Å². The highest BCUT2D eigenvalue weighted by Gasteiger charge is 2.27. The average Bonchev–Trinajstić information content (AvgIpc) is 3.17. The Morgan fingerprint density at radius 3 is 2.37 bits per heavy atom. The lowest BCUT2D eigenvalue weighted by molar-refractivity contribution is 0.0787. The molecular weight excluding hydrogens is 340 g/mol. The molecule has 5 heteroatoms. The molecule has 2 aromatic carbocycles. The van der Waals surface area contributed by atoms with Gasteiger partial charge in [-0.15, -0.1) is 0 Å². The number of anilines is 1. The van der Waals surface area contributed by atoms with Crippen molar-refractivity contribution in [2.24, 2.45) is 5.92 Å². The molecule has 1 atom stereocenters. The standard InChI is InChI=1S/C22H28N2O3/c1-23(12-13-25)21-8-6-20(7-9-21)22(27)24-11-10-19(15-24)14-17-2-4-18(16-26)5-3-17/h2-9,19,25-26H,10-16H2,1H3/t19-/m0/s1. The zero-order chi connectivity index (χ0) is 19.2. The molecule has 1 fully saturated rings. The second-order valence-electron chi connectivity index (χ2n) is 7.28. The van der Waals surface area contributed by atoms with E-state index in [1.807, 2.05) is 53.2 Å². The molecule has 0 unspecified atom stereocenters. The van der Waals surface area contributed by atoms with E-state index in [0.29, 0.717) is 18.0 Å². The number of aliphatic hydroxyl groups excluding tert-OH is 2. The second kappa shape index (κ2) is 9.02. The number of likely N-dealkylation sites (N-methyl/N-ethyl adjacent to an activating group) is 1. The number of aliphatic hydroxyl groups is 2. The molecule has 1 saturated heterocycles. The van der Waals surface area contributed by atoms with E-state index in [1.165, 1.54) is 5.56 Å². The predicted molar refractivity (Wildman–Crippen MR) is 107 cm³/mol. The van der Waals surface area contributed by atoms with Crippen LogP contribution in [0.5, 0.6) is 0 Å². The van der Waals surface area contributed by atoms with Crippen LogP contribution in [-0.2, 0) is 13.0 Å². The summed E-state index contributed by atoms with van der Waals surface area (Å²) >= 11 is 0. The SMILES string of the molecule is CN(CCO)c1ccc(C(=O)N2CC[C@@H](Cc3ccc(CO)cc3)C2)cc1. The fraction of sp³-hybridized carbons (Fsp3) is 0.409. The highest BCUT2D eigenvalue weighted by molar-refractivity contribution is 5.94. The Morgan fingerprint density at radius 2 is 1.74 bits per heavy atom. The van der Waals surface area contributed by atoms with E-state index in [9.17, 15) is 4.79 Å². The summed E-state index contributed by atoms with van der Waals surface area (Å²) in [7, 11) is 1.92. The van der Waals surface area contributed by atoms with Crippen molar-refractivity contribution in [3.05, 3.63) is 65.2 Å².